The molecule has 2 rings (SSSR count). The third-order valence-electron chi connectivity index (χ3n) is 3.00. The van der Waals surface area contributed by atoms with E-state index in [0.29, 0.717) is 11.3 Å². The molecule has 0 radical (unpaired) electrons. The summed E-state index contributed by atoms with van der Waals surface area (Å²) in [6.45, 7) is 0. The van der Waals surface area contributed by atoms with Crippen molar-refractivity contribution in [2.75, 3.05) is 12.4 Å². The van der Waals surface area contributed by atoms with Gasteiger partial charge in [-0.3, -0.25) is 9.59 Å². The number of nitrogens with one attached hydrogen (secondary N) is 1. The van der Waals surface area contributed by atoms with Crippen LogP contribution in [0.3, 0.4) is 0 Å². The van der Waals surface area contributed by atoms with Crippen LogP contribution in [0.15, 0.2) is 48.5 Å². The highest BCUT2D eigenvalue weighted by atomic mass is 16.5. The molecule has 3 N–H and O–H groups in total. The summed E-state index contributed by atoms with van der Waals surface area (Å²) < 4.78 is 4.65. The number of hydrogen-bond acceptors (Lipinski definition) is 4. The van der Waals surface area contributed by atoms with Gasteiger partial charge in [-0.05, 0) is 36.4 Å². The fourth-order valence-corrected chi connectivity index (χ4v) is 1.89. The molecule has 0 spiro atoms. The maximum atomic E-state index is 12.3. The van der Waals surface area contributed by atoms with Crippen LogP contribution in [0.4, 0.5) is 5.69 Å². The van der Waals surface area contributed by atoms with E-state index >= 15 is 0 Å². The van der Waals surface area contributed by atoms with Crippen molar-refractivity contribution < 1.29 is 19.1 Å². The number of carbonyl (C=O) groups is 3. The molecule has 6 heteroatoms. The monoisotopic (exact) mass is 298 g/mol. The Balaban J connectivity index is 2.22. The first kappa shape index (κ1) is 15.2. The first-order chi connectivity index (χ1) is 10.5. The highest BCUT2D eigenvalue weighted by Gasteiger charge is 2.17. The summed E-state index contributed by atoms with van der Waals surface area (Å²) >= 11 is 0. The smallest absolute Gasteiger partial charge is 0.338 e. The van der Waals surface area contributed by atoms with Gasteiger partial charge in [0.2, 0.25) is 5.91 Å². The zero-order valence-corrected chi connectivity index (χ0v) is 11.8. The Labute approximate surface area is 126 Å². The summed E-state index contributed by atoms with van der Waals surface area (Å²) in [5.74, 6) is -1.59. The molecule has 0 unspecified atom stereocenters. The van der Waals surface area contributed by atoms with Gasteiger partial charge in [-0.1, -0.05) is 12.1 Å². The summed E-state index contributed by atoms with van der Waals surface area (Å²) in [4.78, 5) is 34.9. The molecule has 0 aliphatic heterocycles. The first-order valence-corrected chi connectivity index (χ1v) is 6.41. The van der Waals surface area contributed by atoms with Crippen molar-refractivity contribution in [2.24, 2.45) is 5.73 Å². The van der Waals surface area contributed by atoms with Gasteiger partial charge in [0.05, 0.1) is 18.2 Å². The average molecular weight is 298 g/mol. The normalized spacial score (nSPS) is 9.86. The predicted molar refractivity (Wildman–Crippen MR) is 80.7 cm³/mol. The minimum Gasteiger partial charge on any atom is -0.465 e. The maximum Gasteiger partial charge on any atom is 0.338 e. The molecule has 112 valence electrons. The van der Waals surface area contributed by atoms with Crippen molar-refractivity contribution in [2.45, 2.75) is 0 Å². The molecule has 0 bridgehead atoms. The van der Waals surface area contributed by atoms with E-state index in [1.54, 1.807) is 24.3 Å². The summed E-state index contributed by atoms with van der Waals surface area (Å²) in [5.41, 5.74) is 6.35. The van der Waals surface area contributed by atoms with Gasteiger partial charge in [-0.25, -0.2) is 4.79 Å². The standard InChI is InChI=1S/C16H14N2O4/c1-22-16(21)13-5-3-2-4-12(13)15(20)18-11-8-6-10(7-9-11)14(17)19/h2-9H,1H3,(H2,17,19)(H,18,20). The predicted octanol–water partition coefficient (Wildman–Crippen LogP) is 1.82. The van der Waals surface area contributed by atoms with Crippen molar-refractivity contribution in [3.8, 4) is 0 Å². The molecule has 6 nitrogen and oxygen atoms in total. The van der Waals surface area contributed by atoms with Crippen LogP contribution in [0.25, 0.3) is 0 Å². The summed E-state index contributed by atoms with van der Waals surface area (Å²) in [7, 11) is 1.25. The molecule has 2 aromatic rings. The van der Waals surface area contributed by atoms with Gasteiger partial charge in [0.1, 0.15) is 0 Å². The lowest BCUT2D eigenvalue weighted by atomic mass is 10.1. The van der Waals surface area contributed by atoms with E-state index < -0.39 is 17.8 Å². The van der Waals surface area contributed by atoms with Crippen molar-refractivity contribution in [1.82, 2.24) is 0 Å². The molecule has 0 saturated heterocycles. The second-order valence-corrected chi connectivity index (χ2v) is 4.43. The second kappa shape index (κ2) is 6.53. The largest absolute Gasteiger partial charge is 0.465 e. The number of amides is 2. The van der Waals surface area contributed by atoms with Gasteiger partial charge in [0.15, 0.2) is 0 Å². The molecule has 0 atom stereocenters. The fraction of sp³-hybridized carbons (Fsp3) is 0.0625. The van der Waals surface area contributed by atoms with Crippen LogP contribution in [-0.2, 0) is 4.74 Å². The fourth-order valence-electron chi connectivity index (χ4n) is 1.89. The number of benzene rings is 2. The van der Waals surface area contributed by atoms with Crippen LogP contribution in [0, 0.1) is 0 Å². The number of primary amides is 1. The summed E-state index contributed by atoms with van der Waals surface area (Å²) in [6.07, 6.45) is 0. The van der Waals surface area contributed by atoms with Gasteiger partial charge >= 0.3 is 5.97 Å². The van der Waals surface area contributed by atoms with Gasteiger partial charge in [0, 0.05) is 11.3 Å². The molecule has 2 amide bonds. The number of carbonyl (C=O) groups excluding carboxylic acids is 3. The van der Waals surface area contributed by atoms with Crippen LogP contribution in [0.5, 0.6) is 0 Å². The minimum atomic E-state index is -0.588. The number of ether oxygens (including phenoxy) is 1. The first-order valence-electron chi connectivity index (χ1n) is 6.41. The SMILES string of the molecule is COC(=O)c1ccccc1C(=O)Nc1ccc(C(N)=O)cc1. The maximum absolute atomic E-state index is 12.3. The van der Waals surface area contributed by atoms with Crippen LogP contribution in [-0.4, -0.2) is 24.9 Å². The molecule has 0 aromatic heterocycles. The van der Waals surface area contributed by atoms with Gasteiger partial charge < -0.3 is 15.8 Å². The number of methoxy groups -OCH3 is 1. The Morgan fingerprint density at radius 3 is 2.09 bits per heavy atom. The van der Waals surface area contributed by atoms with Crippen molar-refractivity contribution >= 4 is 23.5 Å². The van der Waals surface area contributed by atoms with E-state index in [-0.39, 0.29) is 11.1 Å². The third kappa shape index (κ3) is 3.29. The molecule has 0 aliphatic carbocycles. The number of hydrogen-bond donors (Lipinski definition) is 2. The molecule has 2 aromatic carbocycles. The van der Waals surface area contributed by atoms with Gasteiger partial charge in [-0.15, -0.1) is 0 Å². The Hall–Kier alpha value is -3.15. The van der Waals surface area contributed by atoms with Crippen LogP contribution in [0.2, 0.25) is 0 Å². The van der Waals surface area contributed by atoms with E-state index in [4.69, 9.17) is 5.73 Å². The van der Waals surface area contributed by atoms with E-state index in [1.807, 2.05) is 0 Å². The summed E-state index contributed by atoms with van der Waals surface area (Å²) in [6, 6.07) is 12.4. The zero-order chi connectivity index (χ0) is 16.1. The number of rotatable bonds is 4. The van der Waals surface area contributed by atoms with Crippen LogP contribution in [0.1, 0.15) is 31.1 Å². The number of anilines is 1. The molecule has 0 heterocycles. The number of esters is 1. The van der Waals surface area contributed by atoms with Gasteiger partial charge in [-0.2, -0.15) is 0 Å². The lowest BCUT2D eigenvalue weighted by molar-refractivity contribution is 0.0597. The lowest BCUT2D eigenvalue weighted by Crippen LogP contribution is -2.17. The average Bonchev–Trinajstić information content (AvgIpc) is 2.54. The van der Waals surface area contributed by atoms with Crippen LogP contribution < -0.4 is 11.1 Å². The van der Waals surface area contributed by atoms with E-state index in [1.165, 1.54) is 31.4 Å². The highest BCUT2D eigenvalue weighted by Crippen LogP contribution is 2.14. The van der Waals surface area contributed by atoms with E-state index in [9.17, 15) is 14.4 Å². The minimum absolute atomic E-state index is 0.177. The third-order valence-corrected chi connectivity index (χ3v) is 3.00. The van der Waals surface area contributed by atoms with Gasteiger partial charge in [0.25, 0.3) is 5.91 Å². The molecular weight excluding hydrogens is 284 g/mol. The molecule has 22 heavy (non-hydrogen) atoms. The van der Waals surface area contributed by atoms with Crippen LogP contribution >= 0.6 is 0 Å². The Morgan fingerprint density at radius 2 is 1.55 bits per heavy atom. The van der Waals surface area contributed by atoms with Crippen molar-refractivity contribution in [1.29, 1.82) is 0 Å². The van der Waals surface area contributed by atoms with E-state index in [2.05, 4.69) is 10.1 Å². The Morgan fingerprint density at radius 1 is 0.955 bits per heavy atom. The quantitative estimate of drug-likeness (QED) is 0.841. The topological polar surface area (TPSA) is 98.5 Å². The molecule has 0 fully saturated rings. The molecule has 0 aliphatic rings. The Kier molecular flexibility index (Phi) is 4.53. The zero-order valence-electron chi connectivity index (χ0n) is 11.8. The number of nitrogens with two attached hydrogens (primary N) is 1. The Bertz CT molecular complexity index is 723. The second-order valence-electron chi connectivity index (χ2n) is 4.43. The highest BCUT2D eigenvalue weighted by molar-refractivity contribution is 6.11. The summed E-state index contributed by atoms with van der Waals surface area (Å²) in [5, 5.41) is 2.64. The van der Waals surface area contributed by atoms with Crippen molar-refractivity contribution in [3.05, 3.63) is 65.2 Å². The molecule has 0 saturated carbocycles. The van der Waals surface area contributed by atoms with E-state index in [0.717, 1.165) is 0 Å². The molecular formula is C16H14N2O4. The lowest BCUT2D eigenvalue weighted by Gasteiger charge is -2.09. The van der Waals surface area contributed by atoms with Crippen molar-refractivity contribution in [3.63, 3.8) is 0 Å².